The summed E-state index contributed by atoms with van der Waals surface area (Å²) >= 11 is 0. The molecule has 0 saturated carbocycles. The van der Waals surface area contributed by atoms with E-state index >= 15 is 0 Å². The van der Waals surface area contributed by atoms with Gasteiger partial charge in [-0.05, 0) is 48.0 Å². The van der Waals surface area contributed by atoms with Gasteiger partial charge in [0, 0.05) is 0 Å². The highest BCUT2D eigenvalue weighted by atomic mass is 16.7. The lowest BCUT2D eigenvalue weighted by atomic mass is 9.49. The highest BCUT2D eigenvalue weighted by Crippen LogP contribution is 2.42. The maximum Gasteiger partial charge on any atom is 0.488 e. The van der Waals surface area contributed by atoms with Gasteiger partial charge in [0.25, 0.3) is 0 Å². The topological polar surface area (TPSA) is 36.9 Å². The van der Waals surface area contributed by atoms with E-state index in [0.717, 1.165) is 6.42 Å². The van der Waals surface area contributed by atoms with Gasteiger partial charge in [-0.25, -0.2) is 0 Å². The fourth-order valence-corrected chi connectivity index (χ4v) is 2.37. The molecule has 0 bridgehead atoms. The third-order valence-electron chi connectivity index (χ3n) is 4.69. The molecule has 2 unspecified atom stereocenters. The average molecular weight is 284 g/mol. The van der Waals surface area contributed by atoms with Gasteiger partial charge in [0.2, 0.25) is 0 Å². The van der Waals surface area contributed by atoms with E-state index in [1.54, 1.807) is 0 Å². The smallest absolute Gasteiger partial charge is 0.408 e. The zero-order chi connectivity index (χ0) is 15.8. The SMILES string of the molecule is CC.CCC1(C)OB(B2OC(C)C(C)(C)O2)OC1(C)C. The third-order valence-corrected chi connectivity index (χ3v) is 4.69. The molecule has 0 aliphatic carbocycles. The maximum atomic E-state index is 6.07. The minimum absolute atomic E-state index is 0.0336. The first-order chi connectivity index (χ1) is 9.11. The second-order valence-electron chi connectivity index (χ2n) is 6.57. The Labute approximate surface area is 125 Å². The van der Waals surface area contributed by atoms with Crippen molar-refractivity contribution in [3.8, 4) is 0 Å². The summed E-state index contributed by atoms with van der Waals surface area (Å²) in [5.74, 6) is 0. The van der Waals surface area contributed by atoms with E-state index in [1.165, 1.54) is 0 Å². The van der Waals surface area contributed by atoms with Crippen LogP contribution in [0.25, 0.3) is 0 Å². The fourth-order valence-electron chi connectivity index (χ4n) is 2.37. The average Bonchev–Trinajstić information content (AvgIpc) is 2.78. The Hall–Kier alpha value is -0.0301. The van der Waals surface area contributed by atoms with Crippen LogP contribution in [0.4, 0.5) is 0 Å². The Kier molecular flexibility index (Phi) is 5.40. The molecule has 2 heterocycles. The summed E-state index contributed by atoms with van der Waals surface area (Å²) < 4.78 is 23.8. The molecule has 0 amide bonds. The molecule has 2 fully saturated rings. The summed E-state index contributed by atoms with van der Waals surface area (Å²) in [6.45, 7) is 18.4. The molecule has 2 atom stereocenters. The Morgan fingerprint density at radius 2 is 1.45 bits per heavy atom. The lowest BCUT2D eigenvalue weighted by Crippen LogP contribution is -2.44. The van der Waals surface area contributed by atoms with Crippen molar-refractivity contribution in [3.63, 3.8) is 0 Å². The molecular formula is C14H30B2O4. The van der Waals surface area contributed by atoms with Crippen LogP contribution in [0.5, 0.6) is 0 Å². The fraction of sp³-hybridized carbons (Fsp3) is 1.00. The molecule has 0 aromatic rings. The summed E-state index contributed by atoms with van der Waals surface area (Å²) in [6.07, 6.45) is 0.925. The van der Waals surface area contributed by atoms with E-state index in [9.17, 15) is 0 Å². The highest BCUT2D eigenvalue weighted by molar-refractivity contribution is 7.11. The van der Waals surface area contributed by atoms with Gasteiger partial charge in [-0.3, -0.25) is 0 Å². The first-order valence-electron chi connectivity index (χ1n) is 7.80. The summed E-state index contributed by atoms with van der Waals surface area (Å²) in [5.41, 5.74) is -0.942. The summed E-state index contributed by atoms with van der Waals surface area (Å²) in [5, 5.41) is 0. The number of hydrogen-bond acceptors (Lipinski definition) is 4. The Balaban J connectivity index is 0.000000956. The van der Waals surface area contributed by atoms with Crippen LogP contribution in [-0.4, -0.2) is 36.9 Å². The third kappa shape index (κ3) is 3.08. The predicted molar refractivity (Wildman–Crippen MR) is 83.5 cm³/mol. The van der Waals surface area contributed by atoms with E-state index in [0.29, 0.717) is 0 Å². The summed E-state index contributed by atoms with van der Waals surface area (Å²) in [6, 6.07) is 0. The van der Waals surface area contributed by atoms with Crippen molar-refractivity contribution in [3.05, 3.63) is 0 Å². The van der Waals surface area contributed by atoms with Crippen LogP contribution >= 0.6 is 0 Å². The lowest BCUT2D eigenvalue weighted by Gasteiger charge is -2.35. The Morgan fingerprint density at radius 1 is 0.900 bits per heavy atom. The minimum Gasteiger partial charge on any atom is -0.408 e. The van der Waals surface area contributed by atoms with Gasteiger partial charge < -0.3 is 18.6 Å². The molecule has 2 saturated heterocycles. The van der Waals surface area contributed by atoms with E-state index in [-0.39, 0.29) is 22.9 Å². The van der Waals surface area contributed by atoms with Crippen LogP contribution < -0.4 is 0 Å². The van der Waals surface area contributed by atoms with Crippen LogP contribution in [0, 0.1) is 0 Å². The van der Waals surface area contributed by atoms with Crippen LogP contribution in [0.2, 0.25) is 0 Å². The minimum atomic E-state index is -0.450. The molecular weight excluding hydrogens is 254 g/mol. The molecule has 0 radical (unpaired) electrons. The van der Waals surface area contributed by atoms with Crippen molar-refractivity contribution in [1.82, 2.24) is 0 Å². The molecule has 4 nitrogen and oxygen atoms in total. The molecule has 2 aliphatic rings. The lowest BCUT2D eigenvalue weighted by molar-refractivity contribution is -0.0118. The molecule has 2 aliphatic heterocycles. The van der Waals surface area contributed by atoms with Gasteiger partial charge in [-0.1, -0.05) is 20.8 Å². The van der Waals surface area contributed by atoms with Crippen molar-refractivity contribution in [2.45, 2.75) is 91.6 Å². The normalized spacial score (nSPS) is 35.0. The van der Waals surface area contributed by atoms with Crippen LogP contribution in [0.15, 0.2) is 0 Å². The van der Waals surface area contributed by atoms with Crippen molar-refractivity contribution in [1.29, 1.82) is 0 Å². The molecule has 20 heavy (non-hydrogen) atoms. The van der Waals surface area contributed by atoms with Gasteiger partial charge >= 0.3 is 14.0 Å². The van der Waals surface area contributed by atoms with Crippen molar-refractivity contribution < 1.29 is 18.6 Å². The predicted octanol–water partition coefficient (Wildman–Crippen LogP) is 3.28. The second-order valence-corrected chi connectivity index (χ2v) is 6.57. The van der Waals surface area contributed by atoms with Gasteiger partial charge in [0.05, 0.1) is 22.9 Å². The summed E-state index contributed by atoms with van der Waals surface area (Å²) in [7, 11) is -0.892. The molecule has 2 rings (SSSR count). The second kappa shape index (κ2) is 5.99. The van der Waals surface area contributed by atoms with Gasteiger partial charge in [-0.2, -0.15) is 0 Å². The van der Waals surface area contributed by atoms with Crippen LogP contribution in [-0.2, 0) is 18.6 Å². The Morgan fingerprint density at radius 3 is 1.80 bits per heavy atom. The summed E-state index contributed by atoms with van der Waals surface area (Å²) in [4.78, 5) is 0. The van der Waals surface area contributed by atoms with Crippen molar-refractivity contribution in [2.24, 2.45) is 0 Å². The van der Waals surface area contributed by atoms with Gasteiger partial charge in [-0.15, -0.1) is 0 Å². The van der Waals surface area contributed by atoms with E-state index in [1.807, 2.05) is 34.6 Å². The molecule has 116 valence electrons. The molecule has 0 N–H and O–H groups in total. The van der Waals surface area contributed by atoms with E-state index in [4.69, 9.17) is 18.6 Å². The Bertz CT molecular complexity index is 335. The maximum absolute atomic E-state index is 6.07. The quantitative estimate of drug-likeness (QED) is 0.729. The van der Waals surface area contributed by atoms with E-state index in [2.05, 4.69) is 27.7 Å². The van der Waals surface area contributed by atoms with Gasteiger partial charge in [0.1, 0.15) is 0 Å². The van der Waals surface area contributed by atoms with Crippen molar-refractivity contribution in [2.75, 3.05) is 0 Å². The van der Waals surface area contributed by atoms with Crippen LogP contribution in [0.3, 0.4) is 0 Å². The number of rotatable bonds is 2. The zero-order valence-electron chi connectivity index (χ0n) is 14.6. The van der Waals surface area contributed by atoms with E-state index < -0.39 is 14.0 Å². The molecule has 0 aromatic carbocycles. The largest absolute Gasteiger partial charge is 0.488 e. The number of hydrogen-bond donors (Lipinski definition) is 0. The standard InChI is InChI=1S/C12H24B2O4.C2H6/c1-8-12(7)11(5,6)17-14(18-12)13-15-9(2)10(3,4)16-13;1-2/h9H,8H2,1-7H3;1-2H3. The zero-order valence-corrected chi connectivity index (χ0v) is 14.6. The van der Waals surface area contributed by atoms with Crippen molar-refractivity contribution >= 4 is 14.0 Å². The molecule has 0 spiro atoms. The monoisotopic (exact) mass is 284 g/mol. The first kappa shape index (κ1) is 18.0. The molecule has 0 aromatic heterocycles. The highest BCUT2D eigenvalue weighted by Gasteiger charge is 2.62. The van der Waals surface area contributed by atoms with Crippen LogP contribution in [0.1, 0.15) is 68.7 Å². The molecule has 6 heteroatoms. The van der Waals surface area contributed by atoms with Gasteiger partial charge in [0.15, 0.2) is 0 Å². The first-order valence-corrected chi connectivity index (χ1v) is 7.80.